The number of anilines is 1. The normalized spacial score (nSPS) is 11.4. The third-order valence-electron chi connectivity index (χ3n) is 3.53. The van der Waals surface area contributed by atoms with E-state index in [2.05, 4.69) is 10.0 Å². The Labute approximate surface area is 152 Å². The number of carbonyl (C=O) groups is 1. The van der Waals surface area contributed by atoms with Crippen molar-refractivity contribution in [2.45, 2.75) is 24.8 Å². The molecule has 2 aromatic rings. The van der Waals surface area contributed by atoms with Gasteiger partial charge < -0.3 is 19.6 Å². The number of hydrogen-bond donors (Lipinski definition) is 3. The van der Waals surface area contributed by atoms with Crippen LogP contribution in [-0.2, 0) is 21.3 Å². The predicted molar refractivity (Wildman–Crippen MR) is 95.7 cm³/mol. The van der Waals surface area contributed by atoms with E-state index in [-0.39, 0.29) is 23.5 Å². The van der Waals surface area contributed by atoms with Gasteiger partial charge in [0.2, 0.25) is 10.0 Å². The first kappa shape index (κ1) is 20.0. The van der Waals surface area contributed by atoms with E-state index in [1.165, 1.54) is 18.4 Å². The van der Waals surface area contributed by atoms with Crippen LogP contribution in [-0.4, -0.2) is 39.3 Å². The molecule has 0 aliphatic carbocycles. The third kappa shape index (κ3) is 5.58. The maximum Gasteiger partial charge on any atom is 0.337 e. The highest BCUT2D eigenvalue weighted by Gasteiger charge is 2.18. The Balaban J connectivity index is 2.09. The first-order chi connectivity index (χ1) is 12.4. The third-order valence-corrected chi connectivity index (χ3v) is 4.99. The van der Waals surface area contributed by atoms with Crippen molar-refractivity contribution in [1.29, 1.82) is 0 Å². The van der Waals surface area contributed by atoms with Gasteiger partial charge in [0.1, 0.15) is 5.76 Å². The summed E-state index contributed by atoms with van der Waals surface area (Å²) in [5.41, 5.74) is 0.179. The lowest BCUT2D eigenvalue weighted by Crippen LogP contribution is -2.26. The summed E-state index contributed by atoms with van der Waals surface area (Å²) in [6, 6.07) is 7.40. The molecule has 0 atom stereocenters. The Morgan fingerprint density at radius 3 is 2.77 bits per heavy atom. The SMILES string of the molecule is CCOCCCNS(=O)(=O)c1ccc(NCc2ccco2)c(C(=O)O)c1. The minimum atomic E-state index is -3.79. The van der Waals surface area contributed by atoms with Gasteiger partial charge in [-0.05, 0) is 43.7 Å². The molecule has 0 bridgehead atoms. The second-order valence-electron chi connectivity index (χ2n) is 5.39. The average Bonchev–Trinajstić information content (AvgIpc) is 3.13. The van der Waals surface area contributed by atoms with Gasteiger partial charge in [-0.25, -0.2) is 17.9 Å². The molecule has 26 heavy (non-hydrogen) atoms. The number of benzene rings is 1. The van der Waals surface area contributed by atoms with Crippen molar-refractivity contribution >= 4 is 21.7 Å². The van der Waals surface area contributed by atoms with Crippen LogP contribution in [0.5, 0.6) is 0 Å². The Bertz CT molecular complexity index is 818. The van der Waals surface area contributed by atoms with Gasteiger partial charge in [0.05, 0.1) is 23.3 Å². The molecule has 1 aromatic carbocycles. The first-order valence-corrected chi connectivity index (χ1v) is 9.63. The van der Waals surface area contributed by atoms with Gasteiger partial charge in [0.25, 0.3) is 0 Å². The zero-order valence-corrected chi connectivity index (χ0v) is 15.2. The molecule has 0 amide bonds. The predicted octanol–water partition coefficient (Wildman–Crippen LogP) is 2.29. The minimum Gasteiger partial charge on any atom is -0.478 e. The number of aromatic carboxylic acids is 1. The highest BCUT2D eigenvalue weighted by Crippen LogP contribution is 2.21. The summed E-state index contributed by atoms with van der Waals surface area (Å²) in [7, 11) is -3.79. The van der Waals surface area contributed by atoms with Crippen LogP contribution < -0.4 is 10.0 Å². The van der Waals surface area contributed by atoms with Crippen molar-refractivity contribution in [3.05, 3.63) is 47.9 Å². The molecule has 0 unspecified atom stereocenters. The second kappa shape index (κ2) is 9.37. The molecule has 9 heteroatoms. The van der Waals surface area contributed by atoms with Crippen LogP contribution in [0.3, 0.4) is 0 Å². The molecule has 0 fully saturated rings. The lowest BCUT2D eigenvalue weighted by molar-refractivity contribution is 0.0697. The van der Waals surface area contributed by atoms with Gasteiger partial charge in [0, 0.05) is 25.4 Å². The van der Waals surface area contributed by atoms with E-state index in [0.717, 1.165) is 6.07 Å². The number of sulfonamides is 1. The molecule has 0 saturated heterocycles. The lowest BCUT2D eigenvalue weighted by Gasteiger charge is -2.12. The molecule has 0 aliphatic rings. The second-order valence-corrected chi connectivity index (χ2v) is 7.16. The Morgan fingerprint density at radius 1 is 1.31 bits per heavy atom. The van der Waals surface area contributed by atoms with Crippen LogP contribution in [0.2, 0.25) is 0 Å². The molecule has 0 radical (unpaired) electrons. The Kier molecular flexibility index (Phi) is 7.19. The Morgan fingerprint density at radius 2 is 2.12 bits per heavy atom. The summed E-state index contributed by atoms with van der Waals surface area (Å²) >= 11 is 0. The van der Waals surface area contributed by atoms with Crippen LogP contribution in [0.15, 0.2) is 45.9 Å². The van der Waals surface area contributed by atoms with Gasteiger partial charge >= 0.3 is 5.97 Å². The van der Waals surface area contributed by atoms with Gasteiger partial charge in [-0.1, -0.05) is 0 Å². The van der Waals surface area contributed by atoms with E-state index in [1.54, 1.807) is 12.1 Å². The lowest BCUT2D eigenvalue weighted by atomic mass is 10.2. The van der Waals surface area contributed by atoms with Crippen molar-refractivity contribution in [1.82, 2.24) is 4.72 Å². The number of hydrogen-bond acceptors (Lipinski definition) is 6. The molecule has 8 nitrogen and oxygen atoms in total. The molecular formula is C17H22N2O6S. The van der Waals surface area contributed by atoms with E-state index in [9.17, 15) is 18.3 Å². The maximum atomic E-state index is 12.3. The quantitative estimate of drug-likeness (QED) is 0.510. The monoisotopic (exact) mass is 382 g/mol. The molecule has 3 N–H and O–H groups in total. The van der Waals surface area contributed by atoms with Gasteiger partial charge in [0.15, 0.2) is 0 Å². The zero-order chi connectivity index (χ0) is 19.0. The van der Waals surface area contributed by atoms with Crippen LogP contribution in [0, 0.1) is 0 Å². The number of rotatable bonds is 11. The van der Waals surface area contributed by atoms with Crippen molar-refractivity contribution in [2.24, 2.45) is 0 Å². The van der Waals surface area contributed by atoms with Crippen LogP contribution in [0.25, 0.3) is 0 Å². The van der Waals surface area contributed by atoms with E-state index >= 15 is 0 Å². The highest BCUT2D eigenvalue weighted by molar-refractivity contribution is 7.89. The van der Waals surface area contributed by atoms with Gasteiger partial charge in [-0.15, -0.1) is 0 Å². The van der Waals surface area contributed by atoms with Gasteiger partial charge in [-0.3, -0.25) is 0 Å². The number of furan rings is 1. The first-order valence-electron chi connectivity index (χ1n) is 8.15. The van der Waals surface area contributed by atoms with Crippen LogP contribution in [0.4, 0.5) is 5.69 Å². The molecule has 1 aromatic heterocycles. The largest absolute Gasteiger partial charge is 0.478 e. The van der Waals surface area contributed by atoms with E-state index < -0.39 is 16.0 Å². The van der Waals surface area contributed by atoms with Crippen LogP contribution >= 0.6 is 0 Å². The highest BCUT2D eigenvalue weighted by atomic mass is 32.2. The number of ether oxygens (including phenoxy) is 1. The summed E-state index contributed by atoms with van der Waals surface area (Å²) in [4.78, 5) is 11.4. The molecule has 2 rings (SSSR count). The summed E-state index contributed by atoms with van der Waals surface area (Å²) in [6.07, 6.45) is 2.05. The van der Waals surface area contributed by atoms with Crippen molar-refractivity contribution in [3.63, 3.8) is 0 Å². The van der Waals surface area contributed by atoms with E-state index in [4.69, 9.17) is 9.15 Å². The van der Waals surface area contributed by atoms with E-state index in [1.807, 2.05) is 6.92 Å². The summed E-state index contributed by atoms with van der Waals surface area (Å²) in [5.74, 6) is -0.589. The fourth-order valence-electron chi connectivity index (χ4n) is 2.23. The van der Waals surface area contributed by atoms with Crippen LogP contribution in [0.1, 0.15) is 29.5 Å². The molecule has 0 spiro atoms. The number of carboxylic acid groups (broad SMARTS) is 1. The fraction of sp³-hybridized carbons (Fsp3) is 0.353. The minimum absolute atomic E-state index is 0.102. The van der Waals surface area contributed by atoms with Crippen molar-refractivity contribution in [3.8, 4) is 0 Å². The fourth-order valence-corrected chi connectivity index (χ4v) is 3.33. The molecular weight excluding hydrogens is 360 g/mol. The van der Waals surface area contributed by atoms with E-state index in [0.29, 0.717) is 31.1 Å². The summed E-state index contributed by atoms with van der Waals surface area (Å²) < 4.78 is 37.4. The Hall–Kier alpha value is -2.36. The topological polar surface area (TPSA) is 118 Å². The standard InChI is InChI=1S/C17H22N2O6S/c1-2-24-9-4-8-19-26(22,23)14-6-7-16(15(11-14)17(20)21)18-12-13-5-3-10-25-13/h3,5-7,10-11,18-19H,2,4,8-9,12H2,1H3,(H,20,21). The summed E-state index contributed by atoms with van der Waals surface area (Å²) in [5, 5.41) is 12.3. The molecule has 0 saturated carbocycles. The molecule has 142 valence electrons. The molecule has 1 heterocycles. The van der Waals surface area contributed by atoms with Crippen molar-refractivity contribution < 1.29 is 27.5 Å². The zero-order valence-electron chi connectivity index (χ0n) is 14.4. The maximum absolute atomic E-state index is 12.3. The average molecular weight is 382 g/mol. The number of carboxylic acids is 1. The van der Waals surface area contributed by atoms with Gasteiger partial charge in [-0.2, -0.15) is 0 Å². The smallest absolute Gasteiger partial charge is 0.337 e. The number of nitrogens with one attached hydrogen (secondary N) is 2. The molecule has 0 aliphatic heterocycles. The summed E-state index contributed by atoms with van der Waals surface area (Å²) in [6.45, 7) is 3.38. The van der Waals surface area contributed by atoms with Crippen molar-refractivity contribution in [2.75, 3.05) is 25.1 Å².